The molecule has 2 heterocycles. The lowest BCUT2D eigenvalue weighted by molar-refractivity contribution is -0.118. The highest BCUT2D eigenvalue weighted by Gasteiger charge is 2.06. The van der Waals surface area contributed by atoms with Gasteiger partial charge in [-0.3, -0.25) is 4.79 Å². The molecule has 0 bridgehead atoms. The van der Waals surface area contributed by atoms with Gasteiger partial charge in [-0.25, -0.2) is 15.4 Å². The van der Waals surface area contributed by atoms with Crippen LogP contribution in [0.2, 0.25) is 0 Å². The first-order valence-electron chi connectivity index (χ1n) is 7.84. The molecule has 3 aromatic rings. The third kappa shape index (κ3) is 4.24. The Labute approximate surface area is 150 Å². The van der Waals surface area contributed by atoms with Gasteiger partial charge in [-0.2, -0.15) is 5.10 Å². The van der Waals surface area contributed by atoms with Crippen LogP contribution in [0.5, 0.6) is 0 Å². The zero-order valence-electron chi connectivity index (χ0n) is 14.4. The number of amides is 1. The van der Waals surface area contributed by atoms with Crippen LogP contribution >= 0.6 is 11.8 Å². The van der Waals surface area contributed by atoms with Gasteiger partial charge in [-0.15, -0.1) is 0 Å². The van der Waals surface area contributed by atoms with Gasteiger partial charge in [0.1, 0.15) is 0 Å². The van der Waals surface area contributed by atoms with E-state index in [1.807, 2.05) is 62.0 Å². The normalized spacial score (nSPS) is 11.3. The highest BCUT2D eigenvalue weighted by molar-refractivity contribution is 7.99. The number of carbonyl (C=O) groups excluding carboxylic acids is 1. The monoisotopic (exact) mass is 353 g/mol. The Morgan fingerprint density at radius 2 is 2.00 bits per heavy atom. The quantitative estimate of drug-likeness (QED) is 0.331. The highest BCUT2D eigenvalue weighted by atomic mass is 32.2. The molecule has 0 saturated carbocycles. The number of hydrazone groups is 1. The number of rotatable bonds is 5. The minimum absolute atomic E-state index is 0.191. The Morgan fingerprint density at radius 1 is 1.28 bits per heavy atom. The van der Waals surface area contributed by atoms with Crippen molar-refractivity contribution < 1.29 is 4.79 Å². The Morgan fingerprint density at radius 3 is 2.76 bits per heavy atom. The number of nitrogens with zero attached hydrogens (tertiary/aromatic N) is 4. The van der Waals surface area contributed by atoms with E-state index in [0.717, 1.165) is 27.9 Å². The summed E-state index contributed by atoms with van der Waals surface area (Å²) in [6.07, 6.45) is 3.65. The summed E-state index contributed by atoms with van der Waals surface area (Å²) in [6.45, 7) is 3.82. The molecule has 0 aliphatic carbocycles. The zero-order valence-corrected chi connectivity index (χ0v) is 15.2. The Kier molecular flexibility index (Phi) is 5.14. The van der Waals surface area contributed by atoms with Crippen LogP contribution in [0.4, 0.5) is 0 Å². The second kappa shape index (κ2) is 7.48. The van der Waals surface area contributed by atoms with Crippen molar-refractivity contribution in [2.45, 2.75) is 19.0 Å². The summed E-state index contributed by atoms with van der Waals surface area (Å²) in [4.78, 5) is 20.5. The van der Waals surface area contributed by atoms with E-state index >= 15 is 0 Å². The van der Waals surface area contributed by atoms with Crippen LogP contribution in [0.25, 0.3) is 10.9 Å². The first-order valence-corrected chi connectivity index (χ1v) is 8.82. The van der Waals surface area contributed by atoms with Crippen LogP contribution in [0.15, 0.2) is 46.8 Å². The third-order valence-corrected chi connectivity index (χ3v) is 4.46. The van der Waals surface area contributed by atoms with E-state index in [9.17, 15) is 4.79 Å². The number of hydrogen-bond donors (Lipinski definition) is 1. The summed E-state index contributed by atoms with van der Waals surface area (Å²) in [5.41, 5.74) is 6.42. The Bertz CT molecular complexity index is 928. The van der Waals surface area contributed by atoms with Gasteiger partial charge in [0, 0.05) is 41.1 Å². The molecular weight excluding hydrogens is 334 g/mol. The lowest BCUT2D eigenvalue weighted by Gasteiger charge is -2.02. The fourth-order valence-corrected chi connectivity index (χ4v) is 3.31. The van der Waals surface area contributed by atoms with Gasteiger partial charge in [0.15, 0.2) is 5.16 Å². The molecule has 6 nitrogen and oxygen atoms in total. The van der Waals surface area contributed by atoms with Crippen molar-refractivity contribution >= 4 is 34.8 Å². The number of benzene rings is 1. The lowest BCUT2D eigenvalue weighted by Crippen LogP contribution is -2.19. The van der Waals surface area contributed by atoms with E-state index in [0.29, 0.717) is 5.16 Å². The van der Waals surface area contributed by atoms with E-state index in [4.69, 9.17) is 0 Å². The molecule has 0 aliphatic rings. The molecule has 7 heteroatoms. The summed E-state index contributed by atoms with van der Waals surface area (Å²) in [7, 11) is 1.98. The fourth-order valence-electron chi connectivity index (χ4n) is 2.57. The molecule has 0 aliphatic heterocycles. The van der Waals surface area contributed by atoms with Gasteiger partial charge in [-0.1, -0.05) is 30.0 Å². The van der Waals surface area contributed by atoms with Crippen molar-refractivity contribution in [3.63, 3.8) is 0 Å². The first-order chi connectivity index (χ1) is 12.0. The van der Waals surface area contributed by atoms with Gasteiger partial charge in [0.05, 0.1) is 12.0 Å². The summed E-state index contributed by atoms with van der Waals surface area (Å²) in [5, 5.41) is 5.76. The molecule has 0 spiro atoms. The Hall–Kier alpha value is -2.67. The van der Waals surface area contributed by atoms with Crippen molar-refractivity contribution in [1.29, 1.82) is 0 Å². The minimum atomic E-state index is -0.191. The van der Waals surface area contributed by atoms with E-state index < -0.39 is 0 Å². The molecule has 1 N–H and O–H groups in total. The van der Waals surface area contributed by atoms with E-state index in [1.54, 1.807) is 6.21 Å². The number of carbonyl (C=O) groups is 1. The summed E-state index contributed by atoms with van der Waals surface area (Å²) < 4.78 is 2.03. The largest absolute Gasteiger partial charge is 0.350 e. The average Bonchev–Trinajstić information content (AvgIpc) is 2.89. The smallest absolute Gasteiger partial charge is 0.250 e. The molecule has 1 aromatic carbocycles. The van der Waals surface area contributed by atoms with Crippen molar-refractivity contribution in [2.75, 3.05) is 5.75 Å². The molecule has 25 heavy (non-hydrogen) atoms. The lowest BCUT2D eigenvalue weighted by atomic mass is 10.2. The average molecular weight is 353 g/mol. The van der Waals surface area contributed by atoms with E-state index in [1.165, 1.54) is 11.8 Å². The summed E-state index contributed by atoms with van der Waals surface area (Å²) >= 11 is 1.30. The number of aryl methyl sites for hydroxylation is 3. The molecule has 0 unspecified atom stereocenters. The highest BCUT2D eigenvalue weighted by Crippen LogP contribution is 2.18. The van der Waals surface area contributed by atoms with Gasteiger partial charge in [0.2, 0.25) is 0 Å². The predicted octanol–water partition coefficient (Wildman–Crippen LogP) is 2.83. The number of nitrogens with one attached hydrogen (secondary N) is 1. The maximum absolute atomic E-state index is 11.9. The standard InChI is InChI=1S/C18H19N5OS/c1-12-8-13(2)21-18(20-12)25-11-17(24)22-19-9-14-10-23(3)16-7-5-4-6-15(14)16/h4-10H,11H2,1-3H3,(H,22,24)/b19-9-. The number of fused-ring (bicyclic) bond motifs is 1. The molecule has 0 fully saturated rings. The molecule has 1 amide bonds. The second-order valence-electron chi connectivity index (χ2n) is 5.73. The number of aromatic nitrogens is 3. The maximum atomic E-state index is 11.9. The van der Waals surface area contributed by atoms with Crippen LogP contribution in [0.3, 0.4) is 0 Å². The van der Waals surface area contributed by atoms with E-state index in [-0.39, 0.29) is 11.7 Å². The zero-order chi connectivity index (χ0) is 17.8. The third-order valence-electron chi connectivity index (χ3n) is 3.61. The molecule has 128 valence electrons. The Balaban J connectivity index is 1.59. The number of para-hydroxylation sites is 1. The SMILES string of the molecule is Cc1cc(C)nc(SCC(=O)N/N=C\c2cn(C)c3ccccc23)n1. The molecular formula is C18H19N5OS. The number of thioether (sulfide) groups is 1. The van der Waals surface area contributed by atoms with E-state index in [2.05, 4.69) is 20.5 Å². The second-order valence-corrected chi connectivity index (χ2v) is 6.67. The summed E-state index contributed by atoms with van der Waals surface area (Å²) in [6, 6.07) is 9.96. The molecule has 0 saturated heterocycles. The molecule has 3 rings (SSSR count). The van der Waals surface area contributed by atoms with Gasteiger partial charge in [-0.05, 0) is 26.0 Å². The van der Waals surface area contributed by atoms with Crippen LogP contribution in [-0.4, -0.2) is 32.4 Å². The minimum Gasteiger partial charge on any atom is -0.350 e. The van der Waals surface area contributed by atoms with Crippen molar-refractivity contribution in [1.82, 2.24) is 20.0 Å². The van der Waals surface area contributed by atoms with Gasteiger partial charge < -0.3 is 4.57 Å². The van der Waals surface area contributed by atoms with Crippen molar-refractivity contribution in [3.8, 4) is 0 Å². The van der Waals surface area contributed by atoms with Crippen molar-refractivity contribution in [3.05, 3.63) is 53.5 Å². The molecule has 0 atom stereocenters. The van der Waals surface area contributed by atoms with Crippen LogP contribution in [0, 0.1) is 13.8 Å². The first kappa shape index (κ1) is 17.2. The van der Waals surface area contributed by atoms with Gasteiger partial charge >= 0.3 is 0 Å². The van der Waals surface area contributed by atoms with Gasteiger partial charge in [0.25, 0.3) is 5.91 Å². The molecule has 0 radical (unpaired) electrons. The number of hydrogen-bond acceptors (Lipinski definition) is 5. The molecule has 2 aromatic heterocycles. The fraction of sp³-hybridized carbons (Fsp3) is 0.222. The summed E-state index contributed by atoms with van der Waals surface area (Å²) in [5.74, 6) is 0.0275. The maximum Gasteiger partial charge on any atom is 0.250 e. The topological polar surface area (TPSA) is 72.2 Å². The van der Waals surface area contributed by atoms with Crippen LogP contribution in [-0.2, 0) is 11.8 Å². The predicted molar refractivity (Wildman–Crippen MR) is 101 cm³/mol. The van der Waals surface area contributed by atoms with Crippen LogP contribution in [0.1, 0.15) is 17.0 Å². The van der Waals surface area contributed by atoms with Crippen molar-refractivity contribution in [2.24, 2.45) is 12.1 Å². The van der Waals surface area contributed by atoms with Crippen LogP contribution < -0.4 is 5.43 Å².